The summed E-state index contributed by atoms with van der Waals surface area (Å²) >= 11 is 0. The fourth-order valence-electron chi connectivity index (χ4n) is 2.16. The molecule has 1 unspecified atom stereocenters. The van der Waals surface area contributed by atoms with Gasteiger partial charge in [0.05, 0.1) is 13.2 Å². The SMILES string of the molecule is CCOC(=O)C(COC)(Nc1cccc(C)c1)C(C)C. The van der Waals surface area contributed by atoms with Crippen LogP contribution in [0.5, 0.6) is 0 Å². The normalized spacial score (nSPS) is 13.9. The second-order valence-electron chi connectivity index (χ2n) is 5.27. The van der Waals surface area contributed by atoms with E-state index in [0.717, 1.165) is 11.3 Å². The fourth-order valence-corrected chi connectivity index (χ4v) is 2.16. The molecule has 0 saturated carbocycles. The molecule has 0 aromatic heterocycles. The number of hydrogen-bond donors (Lipinski definition) is 1. The van der Waals surface area contributed by atoms with E-state index < -0.39 is 5.54 Å². The van der Waals surface area contributed by atoms with Crippen molar-refractivity contribution < 1.29 is 14.3 Å². The first-order valence-electron chi connectivity index (χ1n) is 6.97. The quantitative estimate of drug-likeness (QED) is 0.779. The van der Waals surface area contributed by atoms with E-state index in [4.69, 9.17) is 9.47 Å². The van der Waals surface area contributed by atoms with Gasteiger partial charge in [-0.25, -0.2) is 4.79 Å². The van der Waals surface area contributed by atoms with Crippen molar-refractivity contribution in [3.8, 4) is 0 Å². The Morgan fingerprint density at radius 2 is 2.10 bits per heavy atom. The van der Waals surface area contributed by atoms with Crippen molar-refractivity contribution in [2.24, 2.45) is 5.92 Å². The molecule has 0 fully saturated rings. The van der Waals surface area contributed by atoms with Crippen LogP contribution in [0.1, 0.15) is 26.3 Å². The molecule has 1 rings (SSSR count). The Balaban J connectivity index is 3.11. The van der Waals surface area contributed by atoms with Gasteiger partial charge in [0.25, 0.3) is 0 Å². The van der Waals surface area contributed by atoms with Crippen LogP contribution < -0.4 is 5.32 Å². The summed E-state index contributed by atoms with van der Waals surface area (Å²) in [5.74, 6) is -0.250. The summed E-state index contributed by atoms with van der Waals surface area (Å²) < 4.78 is 10.5. The van der Waals surface area contributed by atoms with Crippen LogP contribution >= 0.6 is 0 Å². The third kappa shape index (κ3) is 3.73. The molecule has 0 aliphatic heterocycles. The van der Waals surface area contributed by atoms with Gasteiger partial charge in [0, 0.05) is 12.8 Å². The fraction of sp³-hybridized carbons (Fsp3) is 0.562. The minimum Gasteiger partial charge on any atom is -0.464 e. The largest absolute Gasteiger partial charge is 0.464 e. The third-order valence-corrected chi connectivity index (χ3v) is 3.38. The topological polar surface area (TPSA) is 47.6 Å². The minimum absolute atomic E-state index is 0.0296. The number of rotatable bonds is 7. The van der Waals surface area contributed by atoms with Crippen molar-refractivity contribution in [1.29, 1.82) is 0 Å². The van der Waals surface area contributed by atoms with E-state index in [0.29, 0.717) is 6.61 Å². The number of carbonyl (C=O) groups is 1. The molecule has 0 radical (unpaired) electrons. The molecule has 1 N–H and O–H groups in total. The predicted octanol–water partition coefficient (Wildman–Crippen LogP) is 3.01. The Morgan fingerprint density at radius 1 is 1.40 bits per heavy atom. The maximum Gasteiger partial charge on any atom is 0.334 e. The van der Waals surface area contributed by atoms with E-state index in [2.05, 4.69) is 5.32 Å². The van der Waals surface area contributed by atoms with E-state index >= 15 is 0 Å². The number of carbonyl (C=O) groups excluding carboxylic acids is 1. The molecule has 1 aromatic rings. The molecular formula is C16H25NO3. The lowest BCUT2D eigenvalue weighted by molar-refractivity contribution is -0.152. The third-order valence-electron chi connectivity index (χ3n) is 3.38. The number of benzene rings is 1. The van der Waals surface area contributed by atoms with Crippen molar-refractivity contribution in [3.05, 3.63) is 29.8 Å². The molecule has 1 atom stereocenters. The van der Waals surface area contributed by atoms with Crippen LogP contribution in [0.2, 0.25) is 0 Å². The number of methoxy groups -OCH3 is 1. The molecular weight excluding hydrogens is 254 g/mol. The van der Waals surface area contributed by atoms with Crippen LogP contribution in [0.15, 0.2) is 24.3 Å². The lowest BCUT2D eigenvalue weighted by Crippen LogP contribution is -2.55. The molecule has 112 valence electrons. The standard InChI is InChI=1S/C16H25NO3/c1-6-20-15(18)16(11-19-5,12(2)3)17-14-9-7-8-13(4)10-14/h7-10,12,17H,6,11H2,1-5H3. The highest BCUT2D eigenvalue weighted by Crippen LogP contribution is 2.26. The maximum atomic E-state index is 12.4. The van der Waals surface area contributed by atoms with Gasteiger partial charge in [-0.15, -0.1) is 0 Å². The zero-order chi connectivity index (χ0) is 15.2. The van der Waals surface area contributed by atoms with Crippen molar-refractivity contribution in [2.45, 2.75) is 33.2 Å². The molecule has 0 aliphatic rings. The van der Waals surface area contributed by atoms with E-state index in [9.17, 15) is 4.79 Å². The molecule has 4 nitrogen and oxygen atoms in total. The van der Waals surface area contributed by atoms with Gasteiger partial charge in [0.15, 0.2) is 5.54 Å². The van der Waals surface area contributed by atoms with E-state index in [-0.39, 0.29) is 18.5 Å². The van der Waals surface area contributed by atoms with Gasteiger partial charge in [-0.05, 0) is 37.5 Å². The Kier molecular flexibility index (Phi) is 6.02. The van der Waals surface area contributed by atoms with Crippen LogP contribution in [-0.4, -0.2) is 31.8 Å². The molecule has 1 aromatic carbocycles. The molecule has 4 heteroatoms. The predicted molar refractivity (Wildman–Crippen MR) is 80.9 cm³/mol. The van der Waals surface area contributed by atoms with Gasteiger partial charge in [-0.3, -0.25) is 0 Å². The van der Waals surface area contributed by atoms with E-state index in [1.54, 1.807) is 7.11 Å². The second kappa shape index (κ2) is 7.29. The summed E-state index contributed by atoms with van der Waals surface area (Å²) in [5.41, 5.74) is 1.15. The lowest BCUT2D eigenvalue weighted by atomic mass is 9.86. The monoisotopic (exact) mass is 279 g/mol. The average Bonchev–Trinajstić information content (AvgIpc) is 2.38. The van der Waals surface area contributed by atoms with Crippen LogP contribution in [-0.2, 0) is 14.3 Å². The summed E-state index contributed by atoms with van der Waals surface area (Å²) in [7, 11) is 1.59. The van der Waals surface area contributed by atoms with E-state index in [1.165, 1.54) is 0 Å². The van der Waals surface area contributed by atoms with Crippen molar-refractivity contribution in [1.82, 2.24) is 0 Å². The van der Waals surface area contributed by atoms with Crippen molar-refractivity contribution in [3.63, 3.8) is 0 Å². The number of hydrogen-bond acceptors (Lipinski definition) is 4. The molecule has 0 aliphatic carbocycles. The first-order chi connectivity index (χ1) is 9.46. The molecule has 0 saturated heterocycles. The number of ether oxygens (including phenoxy) is 2. The Bertz CT molecular complexity index is 445. The number of anilines is 1. The van der Waals surface area contributed by atoms with Gasteiger partial charge >= 0.3 is 5.97 Å². The van der Waals surface area contributed by atoms with E-state index in [1.807, 2.05) is 52.0 Å². The second-order valence-corrected chi connectivity index (χ2v) is 5.27. The molecule has 0 bridgehead atoms. The summed E-state index contributed by atoms with van der Waals surface area (Å²) in [6.07, 6.45) is 0. The van der Waals surface area contributed by atoms with Crippen LogP contribution in [0.3, 0.4) is 0 Å². The number of esters is 1. The van der Waals surface area contributed by atoms with Crippen molar-refractivity contribution >= 4 is 11.7 Å². The van der Waals surface area contributed by atoms with Gasteiger partial charge in [-0.2, -0.15) is 0 Å². The van der Waals surface area contributed by atoms with Gasteiger partial charge in [-0.1, -0.05) is 26.0 Å². The summed E-state index contributed by atoms with van der Waals surface area (Å²) in [5, 5.41) is 3.32. The number of aryl methyl sites for hydroxylation is 1. The van der Waals surface area contributed by atoms with Crippen LogP contribution in [0.4, 0.5) is 5.69 Å². The maximum absolute atomic E-state index is 12.4. The average molecular weight is 279 g/mol. The summed E-state index contributed by atoms with van der Waals surface area (Å²) in [6.45, 7) is 8.41. The van der Waals surface area contributed by atoms with Gasteiger partial charge in [0.2, 0.25) is 0 Å². The Morgan fingerprint density at radius 3 is 2.60 bits per heavy atom. The first kappa shape index (κ1) is 16.5. The molecule has 0 spiro atoms. The zero-order valence-electron chi connectivity index (χ0n) is 13.0. The zero-order valence-corrected chi connectivity index (χ0v) is 13.0. The highest BCUT2D eigenvalue weighted by atomic mass is 16.5. The van der Waals surface area contributed by atoms with Gasteiger partial charge in [0.1, 0.15) is 0 Å². The highest BCUT2D eigenvalue weighted by Gasteiger charge is 2.43. The molecule has 20 heavy (non-hydrogen) atoms. The highest BCUT2D eigenvalue weighted by molar-refractivity contribution is 5.85. The van der Waals surface area contributed by atoms with Crippen molar-refractivity contribution in [2.75, 3.05) is 25.6 Å². The van der Waals surface area contributed by atoms with Gasteiger partial charge < -0.3 is 14.8 Å². The minimum atomic E-state index is -0.876. The van der Waals surface area contributed by atoms with Crippen LogP contribution in [0, 0.1) is 12.8 Å². The Hall–Kier alpha value is -1.55. The molecule has 0 amide bonds. The van der Waals surface area contributed by atoms with Crippen LogP contribution in [0.25, 0.3) is 0 Å². The summed E-state index contributed by atoms with van der Waals surface area (Å²) in [4.78, 5) is 12.4. The Labute approximate surface area is 121 Å². The first-order valence-corrected chi connectivity index (χ1v) is 6.97. The lowest BCUT2D eigenvalue weighted by Gasteiger charge is -2.36. The number of nitrogens with one attached hydrogen (secondary N) is 1. The molecule has 0 heterocycles. The summed E-state index contributed by atoms with van der Waals surface area (Å²) in [6, 6.07) is 7.93. The smallest absolute Gasteiger partial charge is 0.334 e.